The Balaban J connectivity index is 2.21. The molecule has 2 N–H and O–H groups in total. The summed E-state index contributed by atoms with van der Waals surface area (Å²) in [5.74, 6) is -0.308. The first-order chi connectivity index (χ1) is 9.63. The van der Waals surface area contributed by atoms with Gasteiger partial charge in [-0.15, -0.1) is 0 Å². The summed E-state index contributed by atoms with van der Waals surface area (Å²) < 4.78 is 4.72. The summed E-state index contributed by atoms with van der Waals surface area (Å²) in [5, 5.41) is 13.3. The Morgan fingerprint density at radius 2 is 2.00 bits per heavy atom. The number of para-hydroxylation sites is 1. The van der Waals surface area contributed by atoms with Gasteiger partial charge in [0.1, 0.15) is 5.75 Å². The molecule has 0 amide bonds. The smallest absolute Gasteiger partial charge is 0.339 e. The maximum Gasteiger partial charge on any atom is 0.339 e. The number of hydrogen-bond acceptors (Lipinski definition) is 4. The Kier molecular flexibility index (Phi) is 4.48. The minimum Gasteiger partial charge on any atom is -0.508 e. The molecular weight excluding hydrogens is 278 g/mol. The van der Waals surface area contributed by atoms with Crippen LogP contribution in [0.1, 0.15) is 15.9 Å². The van der Waals surface area contributed by atoms with E-state index in [0.717, 1.165) is 0 Å². The molecule has 0 radical (unpaired) electrons. The maximum atomic E-state index is 11.6. The summed E-state index contributed by atoms with van der Waals surface area (Å²) in [6.07, 6.45) is 0. The van der Waals surface area contributed by atoms with Gasteiger partial charge in [0, 0.05) is 22.8 Å². The van der Waals surface area contributed by atoms with Gasteiger partial charge in [-0.05, 0) is 24.3 Å². The first-order valence-corrected chi connectivity index (χ1v) is 6.39. The number of methoxy groups -OCH3 is 1. The number of halogens is 1. The van der Waals surface area contributed by atoms with Crippen molar-refractivity contribution in [3.8, 4) is 5.75 Å². The molecule has 0 saturated carbocycles. The van der Waals surface area contributed by atoms with Crippen molar-refractivity contribution >= 4 is 23.3 Å². The van der Waals surface area contributed by atoms with Gasteiger partial charge in [-0.2, -0.15) is 0 Å². The number of carbonyl (C=O) groups excluding carboxylic acids is 1. The third-order valence-corrected chi connectivity index (χ3v) is 3.24. The van der Waals surface area contributed by atoms with Gasteiger partial charge in [0.05, 0.1) is 12.7 Å². The summed E-state index contributed by atoms with van der Waals surface area (Å²) in [6, 6.07) is 11.9. The molecular formula is C15H14ClNO3. The largest absolute Gasteiger partial charge is 0.508 e. The standard InChI is InChI=1S/C15H14ClNO3/c1-20-15(19)10-5-2-3-7-13(10)17-9-11-12(16)6-4-8-14(11)18/h2-8,17-18H,9H2,1H3. The number of nitrogens with one attached hydrogen (secondary N) is 1. The minimum absolute atomic E-state index is 0.112. The van der Waals surface area contributed by atoms with Gasteiger partial charge >= 0.3 is 5.97 Å². The lowest BCUT2D eigenvalue weighted by Crippen LogP contribution is -2.08. The molecule has 0 unspecified atom stereocenters. The topological polar surface area (TPSA) is 58.6 Å². The van der Waals surface area contributed by atoms with E-state index in [9.17, 15) is 9.90 Å². The quantitative estimate of drug-likeness (QED) is 0.847. The number of rotatable bonds is 4. The van der Waals surface area contributed by atoms with Gasteiger partial charge in [-0.3, -0.25) is 0 Å². The fourth-order valence-corrected chi connectivity index (χ4v) is 2.07. The highest BCUT2D eigenvalue weighted by molar-refractivity contribution is 6.31. The van der Waals surface area contributed by atoms with Crippen LogP contribution in [0.25, 0.3) is 0 Å². The predicted octanol–water partition coefficient (Wildman–Crippen LogP) is 3.44. The first kappa shape index (κ1) is 14.2. The van der Waals surface area contributed by atoms with Gasteiger partial charge in [0.25, 0.3) is 0 Å². The molecule has 0 bridgehead atoms. The average Bonchev–Trinajstić information content (AvgIpc) is 2.46. The van der Waals surface area contributed by atoms with E-state index in [1.165, 1.54) is 7.11 Å². The number of phenols is 1. The molecule has 0 saturated heterocycles. The molecule has 5 heteroatoms. The Labute approximate surface area is 122 Å². The molecule has 0 aliphatic heterocycles. The van der Waals surface area contributed by atoms with Crippen molar-refractivity contribution in [2.24, 2.45) is 0 Å². The number of carbonyl (C=O) groups is 1. The van der Waals surface area contributed by atoms with Crippen LogP contribution in [0.3, 0.4) is 0 Å². The van der Waals surface area contributed by atoms with Crippen molar-refractivity contribution in [2.75, 3.05) is 12.4 Å². The number of benzene rings is 2. The van der Waals surface area contributed by atoms with E-state index >= 15 is 0 Å². The lowest BCUT2D eigenvalue weighted by Gasteiger charge is -2.12. The van der Waals surface area contributed by atoms with E-state index in [0.29, 0.717) is 28.4 Å². The molecule has 0 spiro atoms. The molecule has 104 valence electrons. The van der Waals surface area contributed by atoms with E-state index in [1.54, 1.807) is 42.5 Å². The molecule has 0 heterocycles. The van der Waals surface area contributed by atoms with Crippen molar-refractivity contribution < 1.29 is 14.6 Å². The zero-order valence-corrected chi connectivity index (χ0v) is 11.6. The van der Waals surface area contributed by atoms with Crippen molar-refractivity contribution in [2.45, 2.75) is 6.54 Å². The van der Waals surface area contributed by atoms with Crippen LogP contribution in [0.2, 0.25) is 5.02 Å². The SMILES string of the molecule is COC(=O)c1ccccc1NCc1c(O)cccc1Cl. The first-order valence-electron chi connectivity index (χ1n) is 6.01. The maximum absolute atomic E-state index is 11.6. The number of hydrogen-bond donors (Lipinski definition) is 2. The Hall–Kier alpha value is -2.20. The van der Waals surface area contributed by atoms with Crippen LogP contribution in [0.4, 0.5) is 5.69 Å². The normalized spacial score (nSPS) is 10.1. The lowest BCUT2D eigenvalue weighted by atomic mass is 10.1. The number of esters is 1. The molecule has 20 heavy (non-hydrogen) atoms. The molecule has 2 aromatic carbocycles. The number of anilines is 1. The second-order valence-electron chi connectivity index (χ2n) is 4.13. The highest BCUT2D eigenvalue weighted by Crippen LogP contribution is 2.26. The van der Waals surface area contributed by atoms with Gasteiger partial charge < -0.3 is 15.2 Å². The third-order valence-electron chi connectivity index (χ3n) is 2.88. The zero-order chi connectivity index (χ0) is 14.5. The van der Waals surface area contributed by atoms with E-state index < -0.39 is 5.97 Å². The molecule has 0 aromatic heterocycles. The van der Waals surface area contributed by atoms with Crippen LogP contribution in [-0.4, -0.2) is 18.2 Å². The van der Waals surface area contributed by atoms with Gasteiger partial charge in [0.15, 0.2) is 0 Å². The Morgan fingerprint density at radius 1 is 1.25 bits per heavy atom. The van der Waals surface area contributed by atoms with E-state index in [4.69, 9.17) is 16.3 Å². The van der Waals surface area contributed by atoms with Gasteiger partial charge in [-0.25, -0.2) is 4.79 Å². The summed E-state index contributed by atoms with van der Waals surface area (Å²) in [4.78, 5) is 11.6. The van der Waals surface area contributed by atoms with Crippen LogP contribution in [0.5, 0.6) is 5.75 Å². The van der Waals surface area contributed by atoms with E-state index in [-0.39, 0.29) is 5.75 Å². The van der Waals surface area contributed by atoms with E-state index in [2.05, 4.69) is 5.32 Å². The van der Waals surface area contributed by atoms with Crippen molar-refractivity contribution in [1.82, 2.24) is 0 Å². The Bertz CT molecular complexity index is 608. The summed E-state index contributed by atoms with van der Waals surface area (Å²) >= 11 is 6.03. The molecule has 0 fully saturated rings. The average molecular weight is 292 g/mol. The van der Waals surface area contributed by atoms with E-state index in [1.807, 2.05) is 0 Å². The van der Waals surface area contributed by atoms with Crippen LogP contribution < -0.4 is 5.32 Å². The van der Waals surface area contributed by atoms with Crippen molar-refractivity contribution in [1.29, 1.82) is 0 Å². The second kappa shape index (κ2) is 6.30. The van der Waals surface area contributed by atoms with Gasteiger partial charge in [0.2, 0.25) is 0 Å². The molecule has 2 rings (SSSR count). The van der Waals surface area contributed by atoms with Crippen LogP contribution in [0, 0.1) is 0 Å². The van der Waals surface area contributed by atoms with Crippen molar-refractivity contribution in [3.05, 3.63) is 58.6 Å². The summed E-state index contributed by atoms with van der Waals surface area (Å²) in [7, 11) is 1.33. The number of ether oxygens (including phenoxy) is 1. The lowest BCUT2D eigenvalue weighted by molar-refractivity contribution is 0.0602. The minimum atomic E-state index is -0.420. The van der Waals surface area contributed by atoms with Crippen molar-refractivity contribution in [3.63, 3.8) is 0 Å². The number of aromatic hydroxyl groups is 1. The fourth-order valence-electron chi connectivity index (χ4n) is 1.83. The highest BCUT2D eigenvalue weighted by atomic mass is 35.5. The number of phenolic OH excluding ortho intramolecular Hbond substituents is 1. The Morgan fingerprint density at radius 3 is 2.70 bits per heavy atom. The molecule has 0 aliphatic rings. The molecule has 0 aliphatic carbocycles. The monoisotopic (exact) mass is 291 g/mol. The summed E-state index contributed by atoms with van der Waals surface area (Å²) in [5.41, 5.74) is 1.63. The predicted molar refractivity (Wildman–Crippen MR) is 78.2 cm³/mol. The fraction of sp³-hybridized carbons (Fsp3) is 0.133. The molecule has 0 atom stereocenters. The highest BCUT2D eigenvalue weighted by Gasteiger charge is 2.12. The second-order valence-corrected chi connectivity index (χ2v) is 4.54. The van der Waals surface area contributed by atoms with Crippen LogP contribution in [0.15, 0.2) is 42.5 Å². The summed E-state index contributed by atoms with van der Waals surface area (Å²) in [6.45, 7) is 0.305. The van der Waals surface area contributed by atoms with Crippen LogP contribution >= 0.6 is 11.6 Å². The third kappa shape index (κ3) is 3.03. The molecule has 4 nitrogen and oxygen atoms in total. The van der Waals surface area contributed by atoms with Gasteiger partial charge in [-0.1, -0.05) is 29.8 Å². The van der Waals surface area contributed by atoms with Crippen LogP contribution in [-0.2, 0) is 11.3 Å². The zero-order valence-electron chi connectivity index (χ0n) is 10.9. The molecule has 2 aromatic rings.